The van der Waals surface area contributed by atoms with Gasteiger partial charge in [0.1, 0.15) is 0 Å². The normalized spacial score (nSPS) is 14.8. The minimum atomic E-state index is -1.73. The first-order chi connectivity index (χ1) is 7.35. The Bertz CT molecular complexity index is 173. The second-order valence-corrected chi connectivity index (χ2v) is 8.69. The maximum Gasteiger partial charge on any atom is 0.281 e. The third-order valence-electron chi connectivity index (χ3n) is 2.71. The molecule has 0 aromatic heterocycles. The molecule has 0 radical (unpaired) electrons. The molecule has 0 aliphatic rings. The van der Waals surface area contributed by atoms with E-state index >= 15 is 0 Å². The van der Waals surface area contributed by atoms with Gasteiger partial charge in [0.25, 0.3) is 8.56 Å². The van der Waals surface area contributed by atoms with Crippen LogP contribution in [0.25, 0.3) is 0 Å². The Kier molecular flexibility index (Phi) is 7.47. The predicted molar refractivity (Wildman–Crippen MR) is 75.7 cm³/mol. The van der Waals surface area contributed by atoms with E-state index in [1.165, 1.54) is 6.42 Å². The van der Waals surface area contributed by atoms with E-state index in [-0.39, 0.29) is 0 Å². The Morgan fingerprint density at radius 2 is 1.25 bits per heavy atom. The van der Waals surface area contributed by atoms with Crippen molar-refractivity contribution >= 4 is 8.56 Å². The average molecular weight is 245 g/mol. The predicted octanol–water partition coefficient (Wildman–Crippen LogP) is 2.33. The summed E-state index contributed by atoms with van der Waals surface area (Å²) in [4.78, 5) is 11.3. The van der Waals surface area contributed by atoms with Crippen LogP contribution in [0.4, 0.5) is 0 Å². The Labute approximate surface area is 103 Å². The molecule has 0 aliphatic carbocycles. The first-order valence-electron chi connectivity index (χ1n) is 6.68. The summed E-state index contributed by atoms with van der Waals surface area (Å²) >= 11 is 0. The number of rotatable bonds is 8. The smallest absolute Gasteiger partial charge is 0.281 e. The summed E-state index contributed by atoms with van der Waals surface area (Å²) in [6, 6.07) is 2.78. The monoisotopic (exact) mass is 245 g/mol. The van der Waals surface area contributed by atoms with Crippen LogP contribution in [-0.4, -0.2) is 26.7 Å². The van der Waals surface area contributed by atoms with Gasteiger partial charge in [-0.2, -0.15) is 0 Å². The maximum atomic E-state index is 3.81. The fraction of sp³-hybridized carbons (Fsp3) is 1.00. The highest BCUT2D eigenvalue weighted by atomic mass is 28.4. The van der Waals surface area contributed by atoms with Gasteiger partial charge >= 0.3 is 0 Å². The fourth-order valence-corrected chi connectivity index (χ4v) is 5.82. The molecule has 0 aromatic carbocycles. The molecule has 4 heteroatoms. The van der Waals surface area contributed by atoms with Crippen LogP contribution in [0.2, 0.25) is 6.04 Å². The molecule has 98 valence electrons. The van der Waals surface area contributed by atoms with Crippen LogP contribution in [0.3, 0.4) is 0 Å². The zero-order valence-electron chi connectivity index (χ0n) is 12.1. The third kappa shape index (κ3) is 5.99. The molecule has 3 nitrogen and oxygen atoms in total. The van der Waals surface area contributed by atoms with E-state index in [4.69, 9.17) is 0 Å². The van der Waals surface area contributed by atoms with Gasteiger partial charge in [0, 0.05) is 0 Å². The summed E-state index contributed by atoms with van der Waals surface area (Å²) in [6.45, 7) is 15.6. The average Bonchev–Trinajstić information content (AvgIpc) is 2.15. The molecule has 0 saturated heterocycles. The van der Waals surface area contributed by atoms with Crippen molar-refractivity contribution in [2.24, 2.45) is 0 Å². The van der Waals surface area contributed by atoms with Crippen LogP contribution < -0.4 is 14.9 Å². The van der Waals surface area contributed by atoms with E-state index < -0.39 is 8.56 Å². The zero-order valence-corrected chi connectivity index (χ0v) is 13.1. The van der Waals surface area contributed by atoms with Crippen LogP contribution in [0.5, 0.6) is 0 Å². The standard InChI is InChI=1S/C12H31N3Si/c1-8-12(7)15-16(9-2,13-10(3)4)14-11(5)6/h10-15H,8-9H2,1-7H3. The molecule has 0 aromatic rings. The lowest BCUT2D eigenvalue weighted by Gasteiger charge is -2.38. The largest absolute Gasteiger partial charge is 0.311 e. The highest BCUT2D eigenvalue weighted by Crippen LogP contribution is 2.04. The molecule has 0 aliphatic heterocycles. The van der Waals surface area contributed by atoms with Crippen molar-refractivity contribution in [3.8, 4) is 0 Å². The highest BCUT2D eigenvalue weighted by molar-refractivity contribution is 6.72. The fourth-order valence-electron chi connectivity index (χ4n) is 1.94. The van der Waals surface area contributed by atoms with Crippen molar-refractivity contribution in [2.75, 3.05) is 0 Å². The van der Waals surface area contributed by atoms with Crippen molar-refractivity contribution in [1.82, 2.24) is 14.9 Å². The summed E-state index contributed by atoms with van der Waals surface area (Å²) in [5.41, 5.74) is 0. The Morgan fingerprint density at radius 3 is 1.50 bits per heavy atom. The van der Waals surface area contributed by atoms with Gasteiger partial charge in [-0.1, -0.05) is 48.5 Å². The Morgan fingerprint density at radius 1 is 0.812 bits per heavy atom. The second-order valence-electron chi connectivity index (χ2n) is 5.31. The van der Waals surface area contributed by atoms with Crippen LogP contribution in [-0.2, 0) is 0 Å². The summed E-state index contributed by atoms with van der Waals surface area (Å²) in [5.74, 6) is 0. The van der Waals surface area contributed by atoms with Crippen molar-refractivity contribution in [3.05, 3.63) is 0 Å². The van der Waals surface area contributed by atoms with E-state index in [1.54, 1.807) is 0 Å². The SMILES string of the molecule is CCC(C)N[Si](CC)(NC(C)C)NC(C)C. The molecule has 0 fully saturated rings. The molecular formula is C12H31N3Si. The van der Waals surface area contributed by atoms with Crippen LogP contribution in [0.15, 0.2) is 0 Å². The number of nitrogens with one attached hydrogen (secondary N) is 3. The minimum absolute atomic E-state index is 0.523. The van der Waals surface area contributed by atoms with Gasteiger partial charge < -0.3 is 14.9 Å². The van der Waals surface area contributed by atoms with Gasteiger partial charge in [0.05, 0.1) is 0 Å². The molecule has 0 spiro atoms. The van der Waals surface area contributed by atoms with Gasteiger partial charge in [-0.05, 0) is 30.6 Å². The van der Waals surface area contributed by atoms with Gasteiger partial charge in [-0.3, -0.25) is 0 Å². The second kappa shape index (κ2) is 7.43. The van der Waals surface area contributed by atoms with Crippen LogP contribution in [0.1, 0.15) is 54.9 Å². The molecule has 0 heterocycles. The third-order valence-corrected chi connectivity index (χ3v) is 6.89. The Hall–Kier alpha value is 0.0969. The molecule has 16 heavy (non-hydrogen) atoms. The van der Waals surface area contributed by atoms with Crippen molar-refractivity contribution in [3.63, 3.8) is 0 Å². The van der Waals surface area contributed by atoms with E-state index in [1.807, 2.05) is 0 Å². The van der Waals surface area contributed by atoms with Gasteiger partial charge in [-0.25, -0.2) is 0 Å². The molecule has 0 saturated carbocycles. The van der Waals surface area contributed by atoms with E-state index in [2.05, 4.69) is 63.4 Å². The van der Waals surface area contributed by atoms with Gasteiger partial charge in [0.2, 0.25) is 0 Å². The molecule has 3 N–H and O–H groups in total. The summed E-state index contributed by atoms with van der Waals surface area (Å²) < 4.78 is 0. The van der Waals surface area contributed by atoms with E-state index in [0.717, 1.165) is 6.04 Å². The van der Waals surface area contributed by atoms with Crippen molar-refractivity contribution in [1.29, 1.82) is 0 Å². The minimum Gasteiger partial charge on any atom is -0.311 e. The lowest BCUT2D eigenvalue weighted by atomic mass is 10.3. The molecule has 0 amide bonds. The highest BCUT2D eigenvalue weighted by Gasteiger charge is 2.34. The molecule has 0 bridgehead atoms. The summed E-state index contributed by atoms with van der Waals surface area (Å²) in [5, 5.41) is 0. The first kappa shape index (κ1) is 16.1. The first-order valence-corrected chi connectivity index (χ1v) is 8.89. The number of hydrogen-bond acceptors (Lipinski definition) is 3. The maximum absolute atomic E-state index is 3.81. The summed E-state index contributed by atoms with van der Waals surface area (Å²) in [7, 11) is -1.73. The van der Waals surface area contributed by atoms with Crippen LogP contribution in [0, 0.1) is 0 Å². The van der Waals surface area contributed by atoms with Crippen molar-refractivity contribution in [2.45, 2.75) is 79.1 Å². The molecule has 0 rings (SSSR count). The van der Waals surface area contributed by atoms with Gasteiger partial charge in [-0.15, -0.1) is 0 Å². The molecule has 1 unspecified atom stereocenters. The lowest BCUT2D eigenvalue weighted by molar-refractivity contribution is 0.567. The van der Waals surface area contributed by atoms with Crippen LogP contribution >= 0.6 is 0 Å². The van der Waals surface area contributed by atoms with Gasteiger partial charge in [0.15, 0.2) is 0 Å². The molecule has 1 atom stereocenters. The van der Waals surface area contributed by atoms with Crippen molar-refractivity contribution < 1.29 is 0 Å². The van der Waals surface area contributed by atoms with E-state index in [0.29, 0.717) is 18.1 Å². The van der Waals surface area contributed by atoms with E-state index in [9.17, 15) is 0 Å². The zero-order chi connectivity index (χ0) is 12.8. The quantitative estimate of drug-likeness (QED) is 0.575. The molecular weight excluding hydrogens is 214 g/mol. The lowest BCUT2D eigenvalue weighted by Crippen LogP contribution is -2.75. The topological polar surface area (TPSA) is 36.1 Å². The summed E-state index contributed by atoms with van der Waals surface area (Å²) in [6.07, 6.45) is 1.17. The Balaban J connectivity index is 4.65. The number of hydrogen-bond donors (Lipinski definition) is 3.